The molecule has 0 radical (unpaired) electrons. The zero-order valence-corrected chi connectivity index (χ0v) is 14.9. The summed E-state index contributed by atoms with van der Waals surface area (Å²) in [6, 6.07) is 28.6. The van der Waals surface area contributed by atoms with Crippen LogP contribution in [0.4, 0.5) is 5.69 Å². The first-order chi connectivity index (χ1) is 12.7. The van der Waals surface area contributed by atoms with Crippen LogP contribution in [0.2, 0.25) is 0 Å². The van der Waals surface area contributed by atoms with Gasteiger partial charge in [-0.2, -0.15) is 5.26 Å². The quantitative estimate of drug-likeness (QED) is 0.516. The molecule has 4 heteroatoms. The van der Waals surface area contributed by atoms with E-state index >= 15 is 0 Å². The van der Waals surface area contributed by atoms with Crippen LogP contribution in [0.5, 0.6) is 0 Å². The van der Waals surface area contributed by atoms with Gasteiger partial charge in [0.25, 0.3) is 0 Å². The van der Waals surface area contributed by atoms with E-state index < -0.39 is 5.60 Å². The molecule has 0 aromatic heterocycles. The lowest BCUT2D eigenvalue weighted by molar-refractivity contribution is 0.126. The zero-order chi connectivity index (χ0) is 18.4. The molecular weight excluding hydrogens is 340 g/mol. The van der Waals surface area contributed by atoms with Crippen LogP contribution in [-0.4, -0.2) is 10.1 Å². The van der Waals surface area contributed by atoms with Crippen molar-refractivity contribution in [3.05, 3.63) is 102 Å². The molecule has 0 aliphatic heterocycles. The molecular formula is C22H18N2OS. The molecule has 3 rings (SSSR count). The standard InChI is InChI=1S/C22H18N2OS/c23-16-15-21(26)24-20-14-8-7-13-19(20)22(25,17-9-3-1-4-10-17)18-11-5-2-6-12-18/h1-14,25H,15H2,(H,24,26). The molecule has 26 heavy (non-hydrogen) atoms. The third kappa shape index (κ3) is 3.50. The van der Waals surface area contributed by atoms with Crippen LogP contribution in [-0.2, 0) is 5.60 Å². The first-order valence-corrected chi connectivity index (χ1v) is 8.67. The van der Waals surface area contributed by atoms with E-state index in [4.69, 9.17) is 17.5 Å². The van der Waals surface area contributed by atoms with E-state index in [9.17, 15) is 5.11 Å². The Morgan fingerprint density at radius 3 is 1.92 bits per heavy atom. The normalized spacial score (nSPS) is 10.8. The Morgan fingerprint density at radius 2 is 1.38 bits per heavy atom. The number of nitrogens with one attached hydrogen (secondary N) is 1. The summed E-state index contributed by atoms with van der Waals surface area (Å²) in [4.78, 5) is 0.420. The molecule has 3 aromatic carbocycles. The predicted octanol–water partition coefficient (Wildman–Crippen LogP) is 4.62. The van der Waals surface area contributed by atoms with Gasteiger partial charge in [0.05, 0.1) is 17.5 Å². The lowest BCUT2D eigenvalue weighted by Crippen LogP contribution is -2.30. The van der Waals surface area contributed by atoms with E-state index in [1.54, 1.807) is 0 Å². The minimum Gasteiger partial charge on any atom is -0.376 e. The van der Waals surface area contributed by atoms with Crippen LogP contribution < -0.4 is 5.32 Å². The minimum absolute atomic E-state index is 0.124. The highest BCUT2D eigenvalue weighted by Crippen LogP contribution is 2.40. The number of thiocarbonyl (C=S) groups is 1. The summed E-state index contributed by atoms with van der Waals surface area (Å²) in [5.41, 5.74) is 1.52. The second-order valence-corrected chi connectivity index (χ2v) is 6.36. The van der Waals surface area contributed by atoms with Gasteiger partial charge in [-0.05, 0) is 17.2 Å². The SMILES string of the molecule is N#CCC(=S)Nc1ccccc1C(O)(c1ccccc1)c1ccccc1. The van der Waals surface area contributed by atoms with Crippen LogP contribution in [0.25, 0.3) is 0 Å². The van der Waals surface area contributed by atoms with Gasteiger partial charge in [0.15, 0.2) is 0 Å². The second-order valence-electron chi connectivity index (χ2n) is 5.87. The van der Waals surface area contributed by atoms with Crippen molar-refractivity contribution >= 4 is 22.9 Å². The maximum Gasteiger partial charge on any atom is 0.142 e. The fraction of sp³-hybridized carbons (Fsp3) is 0.0909. The van der Waals surface area contributed by atoms with E-state index in [0.29, 0.717) is 16.2 Å². The van der Waals surface area contributed by atoms with Gasteiger partial charge in [0.2, 0.25) is 0 Å². The molecule has 3 nitrogen and oxygen atoms in total. The highest BCUT2D eigenvalue weighted by molar-refractivity contribution is 7.80. The average molecular weight is 358 g/mol. The lowest BCUT2D eigenvalue weighted by Gasteiger charge is -2.32. The van der Waals surface area contributed by atoms with Crippen LogP contribution in [0.15, 0.2) is 84.9 Å². The summed E-state index contributed by atoms with van der Waals surface area (Å²) >= 11 is 5.24. The van der Waals surface area contributed by atoms with Gasteiger partial charge in [-0.1, -0.05) is 91.1 Å². The van der Waals surface area contributed by atoms with Gasteiger partial charge in [0.1, 0.15) is 5.60 Å². The van der Waals surface area contributed by atoms with E-state index in [1.807, 2.05) is 91.0 Å². The molecule has 128 valence electrons. The predicted molar refractivity (Wildman–Crippen MR) is 108 cm³/mol. The van der Waals surface area contributed by atoms with Gasteiger partial charge in [0, 0.05) is 11.3 Å². The Kier molecular flexibility index (Phi) is 5.43. The summed E-state index contributed by atoms with van der Waals surface area (Å²) < 4.78 is 0. The number of benzene rings is 3. The van der Waals surface area contributed by atoms with Gasteiger partial charge < -0.3 is 10.4 Å². The molecule has 0 amide bonds. The number of para-hydroxylation sites is 1. The minimum atomic E-state index is -1.35. The smallest absolute Gasteiger partial charge is 0.142 e. The molecule has 0 aliphatic carbocycles. The fourth-order valence-electron chi connectivity index (χ4n) is 3.01. The molecule has 0 saturated carbocycles. The van der Waals surface area contributed by atoms with E-state index in [1.165, 1.54) is 0 Å². The number of aliphatic hydroxyl groups is 1. The summed E-state index contributed by atoms with van der Waals surface area (Å²) in [6.45, 7) is 0. The third-order valence-corrected chi connectivity index (χ3v) is 4.46. The van der Waals surface area contributed by atoms with Crippen LogP contribution in [0.3, 0.4) is 0 Å². The van der Waals surface area contributed by atoms with Crippen molar-refractivity contribution in [1.82, 2.24) is 0 Å². The molecule has 0 heterocycles. The van der Waals surface area contributed by atoms with E-state index in [-0.39, 0.29) is 6.42 Å². The summed E-state index contributed by atoms with van der Waals surface area (Å²) in [7, 11) is 0. The second kappa shape index (κ2) is 7.92. The molecule has 2 N–H and O–H groups in total. The number of anilines is 1. The maximum absolute atomic E-state index is 11.9. The Labute approximate surface area is 158 Å². The third-order valence-electron chi connectivity index (χ3n) is 4.21. The monoisotopic (exact) mass is 358 g/mol. The van der Waals surface area contributed by atoms with Crippen molar-refractivity contribution in [3.8, 4) is 6.07 Å². The first kappa shape index (κ1) is 17.8. The average Bonchev–Trinajstić information content (AvgIpc) is 2.69. The Balaban J connectivity index is 2.19. The number of rotatable bonds is 5. The Morgan fingerprint density at radius 1 is 0.885 bits per heavy atom. The maximum atomic E-state index is 11.9. The topological polar surface area (TPSA) is 56.0 Å². The first-order valence-electron chi connectivity index (χ1n) is 8.26. The number of nitrogens with zero attached hydrogens (tertiary/aromatic N) is 1. The van der Waals surface area contributed by atoms with Crippen molar-refractivity contribution in [2.75, 3.05) is 5.32 Å². The van der Waals surface area contributed by atoms with Crippen LogP contribution in [0, 0.1) is 11.3 Å². The zero-order valence-electron chi connectivity index (χ0n) is 14.1. The van der Waals surface area contributed by atoms with Crippen molar-refractivity contribution in [1.29, 1.82) is 5.26 Å². The molecule has 0 spiro atoms. The van der Waals surface area contributed by atoms with Gasteiger partial charge >= 0.3 is 0 Å². The molecule has 0 fully saturated rings. The molecule has 0 saturated heterocycles. The summed E-state index contributed by atoms with van der Waals surface area (Å²) in [5, 5.41) is 23.9. The van der Waals surface area contributed by atoms with Crippen LogP contribution in [0.1, 0.15) is 23.1 Å². The highest BCUT2D eigenvalue weighted by Gasteiger charge is 2.35. The van der Waals surface area contributed by atoms with Crippen molar-refractivity contribution in [3.63, 3.8) is 0 Å². The number of hydrogen-bond donors (Lipinski definition) is 2. The molecule has 0 atom stereocenters. The van der Waals surface area contributed by atoms with E-state index in [2.05, 4.69) is 5.32 Å². The molecule has 0 bridgehead atoms. The Bertz CT molecular complexity index is 894. The van der Waals surface area contributed by atoms with Gasteiger partial charge in [-0.25, -0.2) is 0 Å². The number of nitriles is 1. The molecule has 3 aromatic rings. The fourth-order valence-corrected chi connectivity index (χ4v) is 3.18. The van der Waals surface area contributed by atoms with Gasteiger partial charge in [-0.15, -0.1) is 0 Å². The summed E-state index contributed by atoms with van der Waals surface area (Å²) in [5.74, 6) is 0. The van der Waals surface area contributed by atoms with Crippen molar-refractivity contribution in [2.45, 2.75) is 12.0 Å². The largest absolute Gasteiger partial charge is 0.376 e. The summed E-state index contributed by atoms with van der Waals surface area (Å²) in [6.07, 6.45) is 0.124. The van der Waals surface area contributed by atoms with Gasteiger partial charge in [-0.3, -0.25) is 0 Å². The molecule has 0 aliphatic rings. The van der Waals surface area contributed by atoms with E-state index in [0.717, 1.165) is 11.1 Å². The number of hydrogen-bond acceptors (Lipinski definition) is 3. The molecule has 0 unspecified atom stereocenters. The highest BCUT2D eigenvalue weighted by atomic mass is 32.1. The Hall–Kier alpha value is -3.00. The lowest BCUT2D eigenvalue weighted by atomic mass is 9.79. The van der Waals surface area contributed by atoms with Crippen LogP contribution >= 0.6 is 12.2 Å². The van der Waals surface area contributed by atoms with Crippen molar-refractivity contribution in [2.24, 2.45) is 0 Å². The van der Waals surface area contributed by atoms with Crippen molar-refractivity contribution < 1.29 is 5.11 Å².